The summed E-state index contributed by atoms with van der Waals surface area (Å²) in [6, 6.07) is 8.07. The first-order valence-electron chi connectivity index (χ1n) is 7.74. The van der Waals surface area contributed by atoms with Crippen LogP contribution in [-0.2, 0) is 32.3 Å². The fourth-order valence-electron chi connectivity index (χ4n) is 2.67. The number of sulfonamides is 1. The Balaban J connectivity index is 1.70. The van der Waals surface area contributed by atoms with Crippen LogP contribution in [0.1, 0.15) is 24.2 Å². The average Bonchev–Trinajstić information content (AvgIpc) is 3.23. The van der Waals surface area contributed by atoms with E-state index in [0.717, 1.165) is 12.8 Å². The van der Waals surface area contributed by atoms with Crippen LogP contribution < -0.4 is 0 Å². The lowest BCUT2D eigenvalue weighted by molar-refractivity contribution is 0.396. The molecule has 1 fully saturated rings. The number of benzene rings is 1. The molecule has 136 valence electrons. The predicted molar refractivity (Wildman–Crippen MR) is 98.7 cm³/mol. The van der Waals surface area contributed by atoms with Crippen LogP contribution in [0.3, 0.4) is 0 Å². The standard InChI is InChI=1S/C16H17Cl2NO4S2/c17-14-4-3-5-15(18)13(14)11-24(20)10-12-6-7-16(23-12)25(21,22)19-8-1-2-9-19/h3-7H,1-2,8-11H2. The molecule has 1 aromatic carbocycles. The van der Waals surface area contributed by atoms with Gasteiger partial charge in [0.2, 0.25) is 5.09 Å². The fourth-order valence-corrected chi connectivity index (χ4v) is 6.01. The van der Waals surface area contributed by atoms with Gasteiger partial charge in [0.05, 0.1) is 11.5 Å². The Morgan fingerprint density at radius 2 is 1.68 bits per heavy atom. The monoisotopic (exact) mass is 421 g/mol. The second-order valence-corrected chi connectivity index (χ2v) is 9.90. The molecule has 2 heterocycles. The Bertz CT molecular complexity index is 869. The van der Waals surface area contributed by atoms with Gasteiger partial charge in [-0.3, -0.25) is 4.21 Å². The molecule has 0 spiro atoms. The Labute approximate surface area is 159 Å². The number of hydrogen-bond acceptors (Lipinski definition) is 4. The molecule has 0 amide bonds. The van der Waals surface area contributed by atoms with Crippen LogP contribution in [0.5, 0.6) is 0 Å². The molecule has 2 aromatic rings. The van der Waals surface area contributed by atoms with E-state index in [-0.39, 0.29) is 16.6 Å². The minimum absolute atomic E-state index is 0.0943. The molecular weight excluding hydrogens is 405 g/mol. The van der Waals surface area contributed by atoms with Crippen LogP contribution in [0, 0.1) is 0 Å². The highest BCUT2D eigenvalue weighted by atomic mass is 35.5. The van der Waals surface area contributed by atoms with E-state index in [9.17, 15) is 12.6 Å². The first-order chi connectivity index (χ1) is 11.9. The van der Waals surface area contributed by atoms with Crippen LogP contribution in [0.15, 0.2) is 39.8 Å². The first kappa shape index (κ1) is 18.9. The molecule has 0 N–H and O–H groups in total. The Morgan fingerprint density at radius 1 is 1.04 bits per heavy atom. The zero-order chi connectivity index (χ0) is 18.0. The molecule has 1 atom stereocenters. The normalized spacial score (nSPS) is 17.0. The highest BCUT2D eigenvalue weighted by Gasteiger charge is 2.30. The van der Waals surface area contributed by atoms with Crippen LogP contribution in [0.25, 0.3) is 0 Å². The van der Waals surface area contributed by atoms with E-state index < -0.39 is 20.8 Å². The van der Waals surface area contributed by atoms with Crippen LogP contribution in [-0.4, -0.2) is 30.0 Å². The van der Waals surface area contributed by atoms with Crippen molar-refractivity contribution in [1.29, 1.82) is 0 Å². The first-order valence-corrected chi connectivity index (χ1v) is 11.4. The summed E-state index contributed by atoms with van der Waals surface area (Å²) in [6.07, 6.45) is 1.71. The van der Waals surface area contributed by atoms with Gasteiger partial charge in [0.15, 0.2) is 0 Å². The molecule has 9 heteroatoms. The predicted octanol–water partition coefficient (Wildman–Crippen LogP) is 3.82. The largest absolute Gasteiger partial charge is 0.447 e. The highest BCUT2D eigenvalue weighted by molar-refractivity contribution is 7.89. The number of nitrogens with zero attached hydrogens (tertiary/aromatic N) is 1. The topological polar surface area (TPSA) is 67.6 Å². The number of hydrogen-bond donors (Lipinski definition) is 0. The van der Waals surface area contributed by atoms with Crippen molar-refractivity contribution in [3.63, 3.8) is 0 Å². The Morgan fingerprint density at radius 3 is 2.32 bits per heavy atom. The fraction of sp³-hybridized carbons (Fsp3) is 0.375. The molecule has 25 heavy (non-hydrogen) atoms. The van der Waals surface area contributed by atoms with Crippen LogP contribution in [0.4, 0.5) is 0 Å². The molecule has 0 bridgehead atoms. The van der Waals surface area contributed by atoms with Crippen LogP contribution >= 0.6 is 23.2 Å². The van der Waals surface area contributed by atoms with E-state index in [4.69, 9.17) is 27.6 Å². The smallest absolute Gasteiger partial charge is 0.276 e. The summed E-state index contributed by atoms with van der Waals surface area (Å²) in [5, 5.41) is 0.812. The summed E-state index contributed by atoms with van der Waals surface area (Å²) in [5.41, 5.74) is 0.612. The summed E-state index contributed by atoms with van der Waals surface area (Å²) < 4.78 is 44.1. The molecule has 0 radical (unpaired) electrons. The van der Waals surface area contributed by atoms with E-state index in [1.54, 1.807) is 24.3 Å². The van der Waals surface area contributed by atoms with Gasteiger partial charge in [0, 0.05) is 39.5 Å². The van der Waals surface area contributed by atoms with Gasteiger partial charge in [-0.15, -0.1) is 0 Å². The summed E-state index contributed by atoms with van der Waals surface area (Å²) in [6.45, 7) is 1.02. The molecule has 0 saturated carbocycles. The van der Waals surface area contributed by atoms with E-state index >= 15 is 0 Å². The second kappa shape index (κ2) is 7.80. The van der Waals surface area contributed by atoms with Gasteiger partial charge in [-0.1, -0.05) is 29.3 Å². The maximum atomic E-state index is 12.4. The Hall–Kier alpha value is -0.860. The van der Waals surface area contributed by atoms with E-state index in [0.29, 0.717) is 34.5 Å². The zero-order valence-corrected chi connectivity index (χ0v) is 16.4. The zero-order valence-electron chi connectivity index (χ0n) is 13.3. The highest BCUT2D eigenvalue weighted by Crippen LogP contribution is 2.27. The van der Waals surface area contributed by atoms with E-state index in [1.807, 2.05) is 0 Å². The lowest BCUT2D eigenvalue weighted by Gasteiger charge is -2.12. The average molecular weight is 422 g/mol. The molecule has 5 nitrogen and oxygen atoms in total. The molecular formula is C16H17Cl2NO4S2. The maximum absolute atomic E-state index is 12.4. The lowest BCUT2D eigenvalue weighted by atomic mass is 10.2. The van der Waals surface area contributed by atoms with Crippen molar-refractivity contribution in [2.45, 2.75) is 29.4 Å². The molecule has 3 rings (SSSR count). The van der Waals surface area contributed by atoms with Crippen molar-refractivity contribution in [3.05, 3.63) is 51.7 Å². The molecule has 1 aliphatic rings. The van der Waals surface area contributed by atoms with Crippen LogP contribution in [0.2, 0.25) is 10.0 Å². The molecule has 1 saturated heterocycles. The number of halogens is 2. The van der Waals surface area contributed by atoms with Gasteiger partial charge >= 0.3 is 0 Å². The third kappa shape index (κ3) is 4.28. The molecule has 1 unspecified atom stereocenters. The lowest BCUT2D eigenvalue weighted by Crippen LogP contribution is -2.27. The van der Waals surface area contributed by atoms with Crippen molar-refractivity contribution in [2.75, 3.05) is 13.1 Å². The van der Waals surface area contributed by atoms with Gasteiger partial charge < -0.3 is 4.42 Å². The number of furan rings is 1. The number of rotatable bonds is 6. The summed E-state index contributed by atoms with van der Waals surface area (Å²) in [7, 11) is -4.93. The second-order valence-electron chi connectivity index (χ2n) is 5.76. The van der Waals surface area contributed by atoms with Gasteiger partial charge in [-0.2, -0.15) is 4.31 Å². The van der Waals surface area contributed by atoms with Crippen molar-refractivity contribution in [2.24, 2.45) is 0 Å². The molecule has 1 aliphatic heterocycles. The minimum atomic E-state index is -3.60. The van der Waals surface area contributed by atoms with Crippen molar-refractivity contribution in [1.82, 2.24) is 4.31 Å². The SMILES string of the molecule is O=S(Cc1ccc(S(=O)(=O)N2CCCC2)o1)Cc1c(Cl)cccc1Cl. The minimum Gasteiger partial charge on any atom is -0.447 e. The Kier molecular flexibility index (Phi) is 5.90. The van der Waals surface area contributed by atoms with Gasteiger partial charge in [0.25, 0.3) is 10.0 Å². The van der Waals surface area contributed by atoms with Crippen molar-refractivity contribution in [3.8, 4) is 0 Å². The van der Waals surface area contributed by atoms with E-state index in [2.05, 4.69) is 0 Å². The van der Waals surface area contributed by atoms with Gasteiger partial charge in [-0.05, 0) is 37.1 Å². The third-order valence-electron chi connectivity index (χ3n) is 3.97. The van der Waals surface area contributed by atoms with Gasteiger partial charge in [0.1, 0.15) is 5.76 Å². The molecule has 1 aromatic heterocycles. The van der Waals surface area contributed by atoms with E-state index in [1.165, 1.54) is 10.4 Å². The quantitative estimate of drug-likeness (QED) is 0.710. The summed E-state index contributed by atoms with van der Waals surface area (Å²) >= 11 is 12.2. The molecule has 0 aliphatic carbocycles. The van der Waals surface area contributed by atoms with Crippen molar-refractivity contribution >= 4 is 44.0 Å². The van der Waals surface area contributed by atoms with Crippen molar-refractivity contribution < 1.29 is 17.0 Å². The summed E-state index contributed by atoms with van der Waals surface area (Å²) in [4.78, 5) is 0. The third-order valence-corrected chi connectivity index (χ3v) is 7.66. The maximum Gasteiger partial charge on any atom is 0.276 e. The summed E-state index contributed by atoms with van der Waals surface area (Å²) in [5.74, 6) is 0.629. The van der Waals surface area contributed by atoms with Gasteiger partial charge in [-0.25, -0.2) is 8.42 Å².